The van der Waals surface area contributed by atoms with Gasteiger partial charge in [-0.25, -0.2) is 0 Å². The van der Waals surface area contributed by atoms with E-state index in [1.165, 1.54) is 0 Å². The number of rotatable bonds is 8. The number of nitrogens with one attached hydrogen (secondary N) is 1. The van der Waals surface area contributed by atoms with E-state index >= 15 is 0 Å². The van der Waals surface area contributed by atoms with Gasteiger partial charge in [-0.2, -0.15) is 10.2 Å². The first-order valence-electron chi connectivity index (χ1n) is 8.68. The highest BCUT2D eigenvalue weighted by Gasteiger charge is 2.06. The van der Waals surface area contributed by atoms with Gasteiger partial charge in [-0.1, -0.05) is 12.1 Å². The topological polar surface area (TPSA) is 74.0 Å². The van der Waals surface area contributed by atoms with Crippen molar-refractivity contribution in [2.75, 3.05) is 12.4 Å². The molecule has 1 N–H and O–H groups in total. The van der Waals surface area contributed by atoms with E-state index in [0.29, 0.717) is 25.2 Å². The van der Waals surface area contributed by atoms with Crippen LogP contribution in [0.1, 0.15) is 19.8 Å². The van der Waals surface area contributed by atoms with E-state index in [0.717, 1.165) is 23.4 Å². The van der Waals surface area contributed by atoms with Crippen LogP contribution in [0.15, 0.2) is 48.9 Å². The van der Waals surface area contributed by atoms with Crippen molar-refractivity contribution in [3.63, 3.8) is 0 Å². The number of amides is 1. The molecule has 7 heteroatoms. The van der Waals surface area contributed by atoms with E-state index in [-0.39, 0.29) is 5.91 Å². The third kappa shape index (κ3) is 4.50. The van der Waals surface area contributed by atoms with E-state index in [1.807, 2.05) is 54.5 Å². The standard InChI is InChI=1S/C19H23N5O2/c1-3-23-12-10-18(22-23)21-19(25)5-4-11-24-14-16(13-20-24)15-6-8-17(26-2)9-7-15/h6-10,12-14H,3-5,11H2,1-2H3,(H,21,22,25). The van der Waals surface area contributed by atoms with Gasteiger partial charge in [0, 0.05) is 43.5 Å². The molecule has 0 fully saturated rings. The van der Waals surface area contributed by atoms with Gasteiger partial charge in [0.2, 0.25) is 5.91 Å². The molecule has 7 nitrogen and oxygen atoms in total. The second-order valence-corrected chi connectivity index (χ2v) is 5.93. The predicted molar refractivity (Wildman–Crippen MR) is 100.0 cm³/mol. The molecule has 0 unspecified atom stereocenters. The first kappa shape index (κ1) is 17.7. The average molecular weight is 353 g/mol. The Morgan fingerprint density at radius 1 is 1.15 bits per heavy atom. The summed E-state index contributed by atoms with van der Waals surface area (Å²) in [5.41, 5.74) is 2.13. The van der Waals surface area contributed by atoms with Crippen LogP contribution in [-0.4, -0.2) is 32.6 Å². The Morgan fingerprint density at radius 2 is 1.96 bits per heavy atom. The number of anilines is 1. The summed E-state index contributed by atoms with van der Waals surface area (Å²) in [4.78, 5) is 12.0. The average Bonchev–Trinajstić information content (AvgIpc) is 3.31. The van der Waals surface area contributed by atoms with E-state index in [9.17, 15) is 4.79 Å². The lowest BCUT2D eigenvalue weighted by Crippen LogP contribution is -2.13. The van der Waals surface area contributed by atoms with Gasteiger partial charge in [0.15, 0.2) is 5.82 Å². The molecule has 0 bridgehead atoms. The quantitative estimate of drug-likeness (QED) is 0.675. The maximum atomic E-state index is 12.0. The van der Waals surface area contributed by atoms with Crippen molar-refractivity contribution in [3.8, 4) is 16.9 Å². The van der Waals surface area contributed by atoms with Gasteiger partial charge in [0.05, 0.1) is 13.3 Å². The molecule has 3 aromatic rings. The minimum atomic E-state index is -0.0334. The third-order valence-electron chi connectivity index (χ3n) is 4.08. The first-order valence-corrected chi connectivity index (χ1v) is 8.68. The summed E-state index contributed by atoms with van der Waals surface area (Å²) in [5.74, 6) is 1.39. The Morgan fingerprint density at radius 3 is 2.65 bits per heavy atom. The lowest BCUT2D eigenvalue weighted by atomic mass is 10.1. The number of carbonyl (C=O) groups excluding carboxylic acids is 1. The molecule has 0 radical (unpaired) electrons. The van der Waals surface area contributed by atoms with Crippen molar-refractivity contribution in [2.45, 2.75) is 32.9 Å². The maximum Gasteiger partial charge on any atom is 0.225 e. The molecule has 26 heavy (non-hydrogen) atoms. The van der Waals surface area contributed by atoms with Crippen LogP contribution >= 0.6 is 0 Å². The Hall–Kier alpha value is -3.09. The van der Waals surface area contributed by atoms with Crippen molar-refractivity contribution in [3.05, 3.63) is 48.9 Å². The number of methoxy groups -OCH3 is 1. The number of hydrogen-bond acceptors (Lipinski definition) is 4. The van der Waals surface area contributed by atoms with Crippen LogP contribution in [-0.2, 0) is 17.9 Å². The Balaban J connectivity index is 1.47. The SMILES string of the molecule is CCn1ccc(NC(=O)CCCn2cc(-c3ccc(OC)cc3)cn2)n1. The number of aryl methyl sites for hydroxylation is 2. The fraction of sp³-hybridized carbons (Fsp3) is 0.316. The smallest absolute Gasteiger partial charge is 0.225 e. The van der Waals surface area contributed by atoms with Crippen molar-refractivity contribution >= 4 is 11.7 Å². The van der Waals surface area contributed by atoms with Crippen LogP contribution in [0.25, 0.3) is 11.1 Å². The number of nitrogens with zero attached hydrogens (tertiary/aromatic N) is 4. The molecule has 0 atom stereocenters. The summed E-state index contributed by atoms with van der Waals surface area (Å²) < 4.78 is 8.81. The molecule has 0 saturated heterocycles. The van der Waals surface area contributed by atoms with Crippen molar-refractivity contribution in [1.29, 1.82) is 0 Å². The summed E-state index contributed by atoms with van der Waals surface area (Å²) in [7, 11) is 1.65. The molecule has 1 amide bonds. The van der Waals surface area contributed by atoms with Crippen LogP contribution in [0.2, 0.25) is 0 Å². The fourth-order valence-electron chi connectivity index (χ4n) is 2.63. The van der Waals surface area contributed by atoms with Gasteiger partial charge in [-0.05, 0) is 31.0 Å². The molecule has 0 spiro atoms. The summed E-state index contributed by atoms with van der Waals surface area (Å²) in [5, 5.41) is 11.4. The van der Waals surface area contributed by atoms with Gasteiger partial charge < -0.3 is 10.1 Å². The van der Waals surface area contributed by atoms with Crippen molar-refractivity contribution in [1.82, 2.24) is 19.6 Å². The summed E-state index contributed by atoms with van der Waals surface area (Å²) >= 11 is 0. The van der Waals surface area contributed by atoms with E-state index in [1.54, 1.807) is 17.9 Å². The van der Waals surface area contributed by atoms with Gasteiger partial charge in [-0.15, -0.1) is 0 Å². The molecule has 0 aliphatic rings. The molecule has 0 saturated carbocycles. The molecule has 2 heterocycles. The molecule has 136 valence electrons. The lowest BCUT2D eigenvalue weighted by Gasteiger charge is -2.03. The van der Waals surface area contributed by atoms with Crippen LogP contribution < -0.4 is 10.1 Å². The second kappa shape index (κ2) is 8.33. The number of ether oxygens (including phenoxy) is 1. The largest absolute Gasteiger partial charge is 0.497 e. The Bertz CT molecular complexity index is 851. The van der Waals surface area contributed by atoms with Crippen LogP contribution in [0.5, 0.6) is 5.75 Å². The van der Waals surface area contributed by atoms with E-state index in [4.69, 9.17) is 4.74 Å². The molecular formula is C19H23N5O2. The number of carbonyl (C=O) groups is 1. The molecule has 0 aliphatic carbocycles. The highest BCUT2D eigenvalue weighted by Crippen LogP contribution is 2.21. The fourth-order valence-corrected chi connectivity index (χ4v) is 2.63. The molecule has 2 aromatic heterocycles. The third-order valence-corrected chi connectivity index (χ3v) is 4.08. The van der Waals surface area contributed by atoms with Gasteiger partial charge in [-0.3, -0.25) is 14.2 Å². The minimum Gasteiger partial charge on any atom is -0.497 e. The summed E-state index contributed by atoms with van der Waals surface area (Å²) in [6, 6.07) is 9.66. The monoisotopic (exact) mass is 353 g/mol. The van der Waals surface area contributed by atoms with E-state index < -0.39 is 0 Å². The summed E-state index contributed by atoms with van der Waals surface area (Å²) in [6.07, 6.45) is 6.81. The van der Waals surface area contributed by atoms with Gasteiger partial charge >= 0.3 is 0 Å². The highest BCUT2D eigenvalue weighted by molar-refractivity contribution is 5.89. The zero-order chi connectivity index (χ0) is 18.4. The first-order chi connectivity index (χ1) is 12.7. The number of benzene rings is 1. The molecule has 1 aromatic carbocycles. The number of hydrogen-bond donors (Lipinski definition) is 1. The zero-order valence-corrected chi connectivity index (χ0v) is 15.1. The van der Waals surface area contributed by atoms with Crippen LogP contribution in [0, 0.1) is 0 Å². The van der Waals surface area contributed by atoms with Crippen molar-refractivity contribution in [2.24, 2.45) is 0 Å². The van der Waals surface area contributed by atoms with Crippen molar-refractivity contribution < 1.29 is 9.53 Å². The zero-order valence-electron chi connectivity index (χ0n) is 15.1. The summed E-state index contributed by atoms with van der Waals surface area (Å²) in [6.45, 7) is 3.47. The molecular weight excluding hydrogens is 330 g/mol. The Labute approximate surface area is 152 Å². The number of aromatic nitrogens is 4. The maximum absolute atomic E-state index is 12.0. The predicted octanol–water partition coefficient (Wildman–Crippen LogP) is 3.19. The highest BCUT2D eigenvalue weighted by atomic mass is 16.5. The minimum absolute atomic E-state index is 0.0334. The van der Waals surface area contributed by atoms with Crippen LogP contribution in [0.4, 0.5) is 5.82 Å². The lowest BCUT2D eigenvalue weighted by molar-refractivity contribution is -0.116. The van der Waals surface area contributed by atoms with E-state index in [2.05, 4.69) is 15.5 Å². The molecule has 0 aliphatic heterocycles. The molecule has 3 rings (SSSR count). The normalized spacial score (nSPS) is 10.7. The Kier molecular flexibility index (Phi) is 5.68. The van der Waals surface area contributed by atoms with Gasteiger partial charge in [0.1, 0.15) is 5.75 Å². The van der Waals surface area contributed by atoms with Gasteiger partial charge in [0.25, 0.3) is 0 Å². The second-order valence-electron chi connectivity index (χ2n) is 5.93. The van der Waals surface area contributed by atoms with Crippen LogP contribution in [0.3, 0.4) is 0 Å².